The molecule has 0 saturated carbocycles. The minimum atomic E-state index is -0.937. The molecule has 2 N–H and O–H groups in total. The Labute approximate surface area is 178 Å². The lowest BCUT2D eigenvalue weighted by molar-refractivity contribution is -0.129. The first kappa shape index (κ1) is 22.0. The molecule has 2 aromatic carbocycles. The monoisotopic (exact) mass is 409 g/mol. The molecule has 1 saturated heterocycles. The predicted octanol–water partition coefficient (Wildman–Crippen LogP) is 4.04. The molecule has 5 heteroatoms. The number of amides is 1. The summed E-state index contributed by atoms with van der Waals surface area (Å²) in [6, 6.07) is 17.0. The molecule has 1 heterocycles. The highest BCUT2D eigenvalue weighted by atomic mass is 16.4. The zero-order chi connectivity index (χ0) is 21.7. The average Bonchev–Trinajstić information content (AvgIpc) is 3.10. The molecule has 0 aliphatic carbocycles. The first-order valence-electron chi connectivity index (χ1n) is 10.6. The second-order valence-corrected chi connectivity index (χ2v) is 8.71. The minimum Gasteiger partial charge on any atom is -0.478 e. The first-order chi connectivity index (χ1) is 14.3. The summed E-state index contributed by atoms with van der Waals surface area (Å²) in [6.45, 7) is 4.74. The molecular formula is C25H31NO4. The number of carbonyl (C=O) groups excluding carboxylic acids is 1. The lowest BCUT2D eigenvalue weighted by Crippen LogP contribution is -2.38. The van der Waals surface area contributed by atoms with Crippen molar-refractivity contribution in [1.82, 2.24) is 4.90 Å². The Morgan fingerprint density at radius 1 is 1.13 bits per heavy atom. The molecule has 2 aromatic rings. The molecule has 0 radical (unpaired) electrons. The molecule has 0 unspecified atom stereocenters. The van der Waals surface area contributed by atoms with Gasteiger partial charge < -0.3 is 15.1 Å². The van der Waals surface area contributed by atoms with Gasteiger partial charge in [0, 0.05) is 24.4 Å². The largest absolute Gasteiger partial charge is 0.478 e. The van der Waals surface area contributed by atoms with Gasteiger partial charge in [0.15, 0.2) is 0 Å². The molecule has 0 spiro atoms. The molecule has 1 amide bonds. The summed E-state index contributed by atoms with van der Waals surface area (Å²) in [7, 11) is 0. The van der Waals surface area contributed by atoms with Crippen molar-refractivity contribution >= 4 is 11.9 Å². The lowest BCUT2D eigenvalue weighted by atomic mass is 9.77. The number of aliphatic hydroxyl groups is 1. The number of carboxylic acid groups (broad SMARTS) is 1. The van der Waals surface area contributed by atoms with E-state index < -0.39 is 12.1 Å². The van der Waals surface area contributed by atoms with Crippen LogP contribution in [-0.4, -0.2) is 45.7 Å². The summed E-state index contributed by atoms with van der Waals surface area (Å²) in [4.78, 5) is 25.3. The highest BCUT2D eigenvalue weighted by Crippen LogP contribution is 2.31. The maximum atomic E-state index is 12.4. The number of likely N-dealkylation sites (tertiary alicyclic amines) is 1. The van der Waals surface area contributed by atoms with E-state index in [9.17, 15) is 14.7 Å². The number of benzene rings is 2. The Bertz CT molecular complexity index is 860. The third-order valence-electron chi connectivity index (χ3n) is 6.42. The Morgan fingerprint density at radius 3 is 2.43 bits per heavy atom. The molecule has 0 bridgehead atoms. The van der Waals surface area contributed by atoms with E-state index in [4.69, 9.17) is 5.11 Å². The van der Waals surface area contributed by atoms with E-state index >= 15 is 0 Å². The van der Waals surface area contributed by atoms with Crippen molar-refractivity contribution in [2.45, 2.75) is 63.5 Å². The highest BCUT2D eigenvalue weighted by Gasteiger charge is 2.34. The van der Waals surface area contributed by atoms with E-state index in [0.29, 0.717) is 25.8 Å². The Balaban J connectivity index is 1.56. The quantitative estimate of drug-likeness (QED) is 0.655. The normalized spacial score (nSPS) is 17.9. The van der Waals surface area contributed by atoms with Crippen LogP contribution in [0.5, 0.6) is 0 Å². The van der Waals surface area contributed by atoms with E-state index in [1.807, 2.05) is 47.4 Å². The van der Waals surface area contributed by atoms with Gasteiger partial charge in [0.05, 0.1) is 11.7 Å². The Kier molecular flexibility index (Phi) is 6.93. The summed E-state index contributed by atoms with van der Waals surface area (Å²) >= 11 is 0. The van der Waals surface area contributed by atoms with Crippen molar-refractivity contribution < 1.29 is 19.8 Å². The standard InChI is InChI=1S/C25H31NO4/c1-25(2,20-6-4-3-5-7-20)22(27)14-12-21-13-15-23(28)26(21)17-16-18-8-10-19(11-9-18)24(29)30/h3-11,21-22,27H,12-17H2,1-2H3,(H,29,30)/t21-,22+/m0/s1. The molecule has 2 atom stereocenters. The van der Waals surface area contributed by atoms with Gasteiger partial charge in [-0.05, 0) is 48.9 Å². The number of nitrogens with zero attached hydrogens (tertiary/aromatic N) is 1. The third kappa shape index (κ3) is 5.08. The maximum Gasteiger partial charge on any atom is 0.335 e. The number of aliphatic hydroxyl groups excluding tert-OH is 1. The zero-order valence-electron chi connectivity index (χ0n) is 17.8. The van der Waals surface area contributed by atoms with Crippen LogP contribution < -0.4 is 0 Å². The summed E-state index contributed by atoms with van der Waals surface area (Å²) in [6.07, 6.45) is 3.02. The van der Waals surface area contributed by atoms with E-state index in [1.54, 1.807) is 12.1 Å². The average molecular weight is 410 g/mol. The van der Waals surface area contributed by atoms with E-state index in [1.165, 1.54) is 0 Å². The van der Waals surface area contributed by atoms with Gasteiger partial charge in [-0.1, -0.05) is 56.3 Å². The second kappa shape index (κ2) is 9.43. The minimum absolute atomic E-state index is 0.150. The zero-order valence-corrected chi connectivity index (χ0v) is 17.8. The second-order valence-electron chi connectivity index (χ2n) is 8.71. The lowest BCUT2D eigenvalue weighted by Gasteiger charge is -2.33. The van der Waals surface area contributed by atoms with Gasteiger partial charge in [-0.3, -0.25) is 4.79 Å². The molecule has 160 valence electrons. The molecule has 0 aromatic heterocycles. The number of rotatable bonds is 9. The highest BCUT2D eigenvalue weighted by molar-refractivity contribution is 5.87. The summed E-state index contributed by atoms with van der Waals surface area (Å²) in [5, 5.41) is 19.9. The fourth-order valence-corrected chi connectivity index (χ4v) is 4.24. The van der Waals surface area contributed by atoms with Crippen LogP contribution in [-0.2, 0) is 16.6 Å². The molecule has 3 rings (SSSR count). The Morgan fingerprint density at radius 2 is 1.80 bits per heavy atom. The number of carbonyl (C=O) groups is 2. The van der Waals surface area contributed by atoms with Gasteiger partial charge >= 0.3 is 5.97 Å². The van der Waals surface area contributed by atoms with Crippen LogP contribution in [0.1, 0.15) is 61.0 Å². The van der Waals surface area contributed by atoms with Crippen molar-refractivity contribution in [2.24, 2.45) is 0 Å². The molecule has 1 aliphatic rings. The number of carboxylic acids is 1. The van der Waals surface area contributed by atoms with Crippen LogP contribution in [0, 0.1) is 0 Å². The summed E-state index contributed by atoms with van der Waals surface area (Å²) in [5.74, 6) is -0.771. The van der Waals surface area contributed by atoms with Crippen LogP contribution in [0.2, 0.25) is 0 Å². The van der Waals surface area contributed by atoms with Crippen LogP contribution in [0.3, 0.4) is 0 Å². The first-order valence-corrected chi connectivity index (χ1v) is 10.6. The van der Waals surface area contributed by atoms with Crippen LogP contribution in [0.4, 0.5) is 0 Å². The molecule has 30 heavy (non-hydrogen) atoms. The van der Waals surface area contributed by atoms with Gasteiger partial charge in [-0.25, -0.2) is 4.79 Å². The van der Waals surface area contributed by atoms with Crippen molar-refractivity contribution in [3.8, 4) is 0 Å². The van der Waals surface area contributed by atoms with Gasteiger partial charge in [0.25, 0.3) is 0 Å². The van der Waals surface area contributed by atoms with Crippen molar-refractivity contribution in [2.75, 3.05) is 6.54 Å². The molecule has 1 aliphatic heterocycles. The van der Waals surface area contributed by atoms with E-state index in [-0.39, 0.29) is 22.9 Å². The fourth-order valence-electron chi connectivity index (χ4n) is 4.24. The number of hydrogen-bond acceptors (Lipinski definition) is 3. The number of hydrogen-bond donors (Lipinski definition) is 2. The van der Waals surface area contributed by atoms with Crippen molar-refractivity contribution in [1.29, 1.82) is 0 Å². The van der Waals surface area contributed by atoms with E-state index in [2.05, 4.69) is 13.8 Å². The maximum absolute atomic E-state index is 12.4. The molecule has 5 nitrogen and oxygen atoms in total. The topological polar surface area (TPSA) is 77.8 Å². The van der Waals surface area contributed by atoms with E-state index in [0.717, 1.165) is 24.0 Å². The fraction of sp³-hybridized carbons (Fsp3) is 0.440. The van der Waals surface area contributed by atoms with Gasteiger partial charge in [0.1, 0.15) is 0 Å². The summed E-state index contributed by atoms with van der Waals surface area (Å²) in [5.41, 5.74) is 2.05. The molecular weight excluding hydrogens is 378 g/mol. The van der Waals surface area contributed by atoms with Crippen LogP contribution in [0.15, 0.2) is 54.6 Å². The van der Waals surface area contributed by atoms with Crippen molar-refractivity contribution in [3.05, 3.63) is 71.3 Å². The van der Waals surface area contributed by atoms with Gasteiger partial charge in [-0.2, -0.15) is 0 Å². The van der Waals surface area contributed by atoms with Gasteiger partial charge in [0.2, 0.25) is 5.91 Å². The molecule has 1 fully saturated rings. The predicted molar refractivity (Wildman–Crippen MR) is 117 cm³/mol. The Hall–Kier alpha value is -2.66. The van der Waals surface area contributed by atoms with Crippen LogP contribution >= 0.6 is 0 Å². The third-order valence-corrected chi connectivity index (χ3v) is 6.42. The van der Waals surface area contributed by atoms with Crippen molar-refractivity contribution in [3.63, 3.8) is 0 Å². The summed E-state index contributed by atoms with van der Waals surface area (Å²) < 4.78 is 0. The van der Waals surface area contributed by atoms with Gasteiger partial charge in [-0.15, -0.1) is 0 Å². The van der Waals surface area contributed by atoms with Crippen LogP contribution in [0.25, 0.3) is 0 Å². The number of aromatic carboxylic acids is 1. The smallest absolute Gasteiger partial charge is 0.335 e. The SMILES string of the molecule is CC(C)(c1ccccc1)[C@H](O)CC[C@H]1CCC(=O)N1CCc1ccc(C(=O)O)cc1.